The number of carbonyl (C=O) groups is 1. The van der Waals surface area contributed by atoms with Crippen LogP contribution in [0.15, 0.2) is 18.2 Å². The summed E-state index contributed by atoms with van der Waals surface area (Å²) in [6, 6.07) is 4.98. The van der Waals surface area contributed by atoms with Gasteiger partial charge in [-0.25, -0.2) is 13.2 Å². The number of nitrogens with one attached hydrogen (secondary N) is 1. The molecule has 2 heterocycles. The fourth-order valence-electron chi connectivity index (χ4n) is 2.90. The van der Waals surface area contributed by atoms with Crippen LogP contribution >= 0.6 is 0 Å². The zero-order chi connectivity index (χ0) is 16.7. The van der Waals surface area contributed by atoms with Crippen LogP contribution in [0.5, 0.6) is 11.5 Å². The monoisotopic (exact) mass is 353 g/mol. The van der Waals surface area contributed by atoms with Gasteiger partial charge in [-0.1, -0.05) is 0 Å². The van der Waals surface area contributed by atoms with Gasteiger partial charge in [0.1, 0.15) is 0 Å². The Hall–Kier alpha value is -2.00. The standard InChI is InChI=1S/C15H19N3O5S/c19-15(16-11-1-4-13-14(9-11)23-10-22-13)17-5-7-18(8-6-17)24(20,21)12-2-3-12/h1,4,9,12H,2-3,5-8,10H2,(H,16,19). The first-order chi connectivity index (χ1) is 11.5. The lowest BCUT2D eigenvalue weighted by molar-refractivity contribution is 0.174. The molecule has 24 heavy (non-hydrogen) atoms. The average molecular weight is 353 g/mol. The van der Waals surface area contributed by atoms with E-state index in [1.807, 2.05) is 0 Å². The van der Waals surface area contributed by atoms with Crippen molar-refractivity contribution in [3.05, 3.63) is 18.2 Å². The normalized spacial score (nSPS) is 20.9. The van der Waals surface area contributed by atoms with E-state index in [9.17, 15) is 13.2 Å². The lowest BCUT2D eigenvalue weighted by Crippen LogP contribution is -2.52. The van der Waals surface area contributed by atoms with E-state index in [0.29, 0.717) is 43.4 Å². The molecule has 1 saturated carbocycles. The minimum Gasteiger partial charge on any atom is -0.454 e. The van der Waals surface area contributed by atoms with Gasteiger partial charge >= 0.3 is 6.03 Å². The number of piperazine rings is 1. The second-order valence-corrected chi connectivity index (χ2v) is 8.34. The van der Waals surface area contributed by atoms with Crippen LogP contribution in [0.25, 0.3) is 0 Å². The maximum absolute atomic E-state index is 12.3. The molecule has 4 rings (SSSR count). The molecule has 2 aliphatic heterocycles. The number of fused-ring (bicyclic) bond motifs is 1. The molecule has 3 aliphatic rings. The summed E-state index contributed by atoms with van der Waals surface area (Å²) in [5.74, 6) is 1.26. The van der Waals surface area contributed by atoms with Gasteiger partial charge in [0.25, 0.3) is 0 Å². The lowest BCUT2D eigenvalue weighted by atomic mass is 10.3. The fourth-order valence-corrected chi connectivity index (χ4v) is 4.72. The maximum atomic E-state index is 12.3. The second kappa shape index (κ2) is 5.82. The van der Waals surface area contributed by atoms with Gasteiger partial charge in [-0.2, -0.15) is 4.31 Å². The SMILES string of the molecule is O=C(Nc1ccc2c(c1)OCO2)N1CCN(S(=O)(=O)C2CC2)CC1. The summed E-state index contributed by atoms with van der Waals surface area (Å²) >= 11 is 0. The number of benzene rings is 1. The van der Waals surface area contributed by atoms with Gasteiger partial charge in [0.15, 0.2) is 11.5 Å². The minimum absolute atomic E-state index is 0.185. The van der Waals surface area contributed by atoms with Crippen molar-refractivity contribution in [3.63, 3.8) is 0 Å². The van der Waals surface area contributed by atoms with Crippen molar-refractivity contribution in [2.24, 2.45) is 0 Å². The number of amides is 2. The Kier molecular flexibility index (Phi) is 3.76. The third-order valence-electron chi connectivity index (χ3n) is 4.46. The number of ether oxygens (including phenoxy) is 2. The first-order valence-electron chi connectivity index (χ1n) is 7.98. The lowest BCUT2D eigenvalue weighted by Gasteiger charge is -2.34. The number of hydrogen-bond donors (Lipinski definition) is 1. The number of urea groups is 1. The molecule has 2 amide bonds. The van der Waals surface area contributed by atoms with E-state index < -0.39 is 10.0 Å². The van der Waals surface area contributed by atoms with E-state index in [0.717, 1.165) is 12.8 Å². The number of rotatable bonds is 3. The number of nitrogens with zero attached hydrogens (tertiary/aromatic N) is 2. The predicted molar refractivity (Wildman–Crippen MR) is 86.7 cm³/mol. The Labute approximate surface area is 140 Å². The van der Waals surface area contributed by atoms with Crippen LogP contribution in [-0.4, -0.2) is 61.9 Å². The first kappa shape index (κ1) is 15.5. The summed E-state index contributed by atoms with van der Waals surface area (Å²) < 4.78 is 36.4. The molecule has 0 unspecified atom stereocenters. The summed E-state index contributed by atoms with van der Waals surface area (Å²) in [6.07, 6.45) is 1.51. The quantitative estimate of drug-likeness (QED) is 0.878. The molecule has 130 valence electrons. The minimum atomic E-state index is -3.16. The highest BCUT2D eigenvalue weighted by Gasteiger charge is 2.41. The van der Waals surface area contributed by atoms with Gasteiger partial charge < -0.3 is 19.7 Å². The first-order valence-corrected chi connectivity index (χ1v) is 9.49. The topological polar surface area (TPSA) is 88.2 Å². The zero-order valence-electron chi connectivity index (χ0n) is 13.1. The Morgan fingerprint density at radius 2 is 1.79 bits per heavy atom. The smallest absolute Gasteiger partial charge is 0.321 e. The van der Waals surface area contributed by atoms with Crippen molar-refractivity contribution in [3.8, 4) is 11.5 Å². The number of carbonyl (C=O) groups excluding carboxylic acids is 1. The van der Waals surface area contributed by atoms with Crippen LogP contribution in [0.2, 0.25) is 0 Å². The molecule has 8 nitrogen and oxygen atoms in total. The largest absolute Gasteiger partial charge is 0.454 e. The molecule has 1 N–H and O–H groups in total. The fraction of sp³-hybridized carbons (Fsp3) is 0.533. The zero-order valence-corrected chi connectivity index (χ0v) is 13.9. The van der Waals surface area contributed by atoms with Gasteiger partial charge in [-0.05, 0) is 25.0 Å². The molecule has 0 aromatic heterocycles. The van der Waals surface area contributed by atoms with Gasteiger partial charge in [0.2, 0.25) is 16.8 Å². The van der Waals surface area contributed by atoms with Crippen molar-refractivity contribution in [1.82, 2.24) is 9.21 Å². The molecule has 0 spiro atoms. The summed E-state index contributed by atoms with van der Waals surface area (Å²) in [5, 5.41) is 2.61. The van der Waals surface area contributed by atoms with Crippen molar-refractivity contribution in [1.29, 1.82) is 0 Å². The number of hydrogen-bond acceptors (Lipinski definition) is 5. The van der Waals surface area contributed by atoms with E-state index in [4.69, 9.17) is 9.47 Å². The van der Waals surface area contributed by atoms with Crippen molar-refractivity contribution in [2.75, 3.05) is 38.3 Å². The number of sulfonamides is 1. The average Bonchev–Trinajstić information content (AvgIpc) is 3.35. The molecule has 0 radical (unpaired) electrons. The van der Waals surface area contributed by atoms with Crippen LogP contribution in [-0.2, 0) is 10.0 Å². The van der Waals surface area contributed by atoms with Gasteiger partial charge in [-0.3, -0.25) is 0 Å². The summed E-state index contributed by atoms with van der Waals surface area (Å²) in [4.78, 5) is 14.0. The molecule has 1 saturated heterocycles. The third kappa shape index (κ3) is 2.89. The number of anilines is 1. The van der Waals surface area contributed by atoms with Gasteiger partial charge in [0, 0.05) is 37.9 Å². The highest BCUT2D eigenvalue weighted by molar-refractivity contribution is 7.90. The van der Waals surface area contributed by atoms with Crippen LogP contribution in [0.1, 0.15) is 12.8 Å². The predicted octanol–water partition coefficient (Wildman–Crippen LogP) is 1.06. The van der Waals surface area contributed by atoms with Gasteiger partial charge in [-0.15, -0.1) is 0 Å². The van der Waals surface area contributed by atoms with E-state index in [1.54, 1.807) is 23.1 Å². The van der Waals surface area contributed by atoms with Crippen molar-refractivity contribution < 1.29 is 22.7 Å². The van der Waals surface area contributed by atoms with E-state index in [2.05, 4.69) is 5.32 Å². The van der Waals surface area contributed by atoms with E-state index in [1.165, 1.54) is 4.31 Å². The molecule has 1 aliphatic carbocycles. The van der Waals surface area contributed by atoms with Crippen LogP contribution in [0.4, 0.5) is 10.5 Å². The Morgan fingerprint density at radius 3 is 2.50 bits per heavy atom. The summed E-state index contributed by atoms with van der Waals surface area (Å²) in [7, 11) is -3.16. The molecular formula is C15H19N3O5S. The van der Waals surface area contributed by atoms with Gasteiger partial charge in [0.05, 0.1) is 5.25 Å². The summed E-state index contributed by atoms with van der Waals surface area (Å²) in [6.45, 7) is 1.68. The Bertz CT molecular complexity index is 754. The second-order valence-electron chi connectivity index (χ2n) is 6.13. The molecular weight excluding hydrogens is 334 g/mol. The molecule has 0 atom stereocenters. The van der Waals surface area contributed by atoms with Crippen molar-refractivity contribution >= 4 is 21.7 Å². The molecule has 9 heteroatoms. The third-order valence-corrected chi connectivity index (χ3v) is 6.85. The molecule has 1 aromatic carbocycles. The van der Waals surface area contributed by atoms with Crippen LogP contribution < -0.4 is 14.8 Å². The molecule has 1 aromatic rings. The molecule has 2 fully saturated rings. The highest BCUT2D eigenvalue weighted by atomic mass is 32.2. The Balaban J connectivity index is 1.35. The van der Waals surface area contributed by atoms with Crippen molar-refractivity contribution in [2.45, 2.75) is 18.1 Å². The Morgan fingerprint density at radius 1 is 1.08 bits per heavy atom. The van der Waals surface area contributed by atoms with Crippen LogP contribution in [0.3, 0.4) is 0 Å². The highest BCUT2D eigenvalue weighted by Crippen LogP contribution is 2.34. The summed E-state index contributed by atoms with van der Waals surface area (Å²) in [5.41, 5.74) is 0.622. The van der Waals surface area contributed by atoms with E-state index >= 15 is 0 Å². The molecule has 0 bridgehead atoms. The van der Waals surface area contributed by atoms with E-state index in [-0.39, 0.29) is 18.1 Å². The maximum Gasteiger partial charge on any atom is 0.321 e. The van der Waals surface area contributed by atoms with Crippen LogP contribution in [0, 0.1) is 0 Å².